The highest BCUT2D eigenvalue weighted by Crippen LogP contribution is 2.44. The smallest absolute Gasteiger partial charge is 0.277 e. The summed E-state index contributed by atoms with van der Waals surface area (Å²) < 4.78 is 13.6. The fourth-order valence-corrected chi connectivity index (χ4v) is 3.92. The van der Waals surface area contributed by atoms with Gasteiger partial charge in [-0.25, -0.2) is 4.39 Å². The molecule has 1 aliphatic heterocycles. The monoisotopic (exact) mass is 403 g/mol. The van der Waals surface area contributed by atoms with Gasteiger partial charge in [-0.1, -0.05) is 54.1 Å². The summed E-state index contributed by atoms with van der Waals surface area (Å²) in [5.74, 6) is -0.497. The van der Waals surface area contributed by atoms with Gasteiger partial charge in [0.25, 0.3) is 5.91 Å². The Hall–Kier alpha value is -3.44. The van der Waals surface area contributed by atoms with Crippen LogP contribution in [-0.4, -0.2) is 16.1 Å². The van der Waals surface area contributed by atoms with Gasteiger partial charge in [-0.15, -0.1) is 0 Å². The number of hydrogen-bond donors (Lipinski definition) is 1. The van der Waals surface area contributed by atoms with E-state index in [9.17, 15) is 9.18 Å². The van der Waals surface area contributed by atoms with Gasteiger partial charge in [0.2, 0.25) is 0 Å². The summed E-state index contributed by atoms with van der Waals surface area (Å²) in [6.45, 7) is 0. The molecule has 4 aromatic rings. The quantitative estimate of drug-likeness (QED) is 0.482. The molecule has 0 bridgehead atoms. The van der Waals surface area contributed by atoms with Gasteiger partial charge in [0.05, 0.1) is 11.7 Å². The Morgan fingerprint density at radius 1 is 0.931 bits per heavy atom. The predicted octanol–water partition coefficient (Wildman–Crippen LogP) is 5.62. The minimum atomic E-state index is -0.426. The van der Waals surface area contributed by atoms with Crippen LogP contribution in [0.25, 0.3) is 11.3 Å². The van der Waals surface area contributed by atoms with Crippen LogP contribution >= 0.6 is 11.6 Å². The van der Waals surface area contributed by atoms with Crippen molar-refractivity contribution >= 4 is 23.2 Å². The molecule has 0 unspecified atom stereocenters. The van der Waals surface area contributed by atoms with Gasteiger partial charge in [0.15, 0.2) is 0 Å². The fourth-order valence-electron chi connectivity index (χ4n) is 3.79. The molecular formula is C23H15ClFN3O. The van der Waals surface area contributed by atoms with Crippen LogP contribution in [0.1, 0.15) is 27.7 Å². The normalized spacial score (nSPS) is 15.6. The molecule has 1 amide bonds. The molecule has 142 valence electrons. The third-order valence-electron chi connectivity index (χ3n) is 5.11. The average Bonchev–Trinajstić information content (AvgIpc) is 3.29. The second-order valence-electron chi connectivity index (χ2n) is 6.83. The van der Waals surface area contributed by atoms with Crippen LogP contribution in [0.15, 0.2) is 78.9 Å². The highest BCUT2D eigenvalue weighted by atomic mass is 35.5. The van der Waals surface area contributed by atoms with Crippen molar-refractivity contribution in [3.8, 4) is 11.3 Å². The van der Waals surface area contributed by atoms with Crippen LogP contribution in [0.3, 0.4) is 0 Å². The minimum Gasteiger partial charge on any atom is -0.295 e. The Morgan fingerprint density at radius 2 is 1.62 bits per heavy atom. The van der Waals surface area contributed by atoms with E-state index >= 15 is 0 Å². The van der Waals surface area contributed by atoms with Crippen LogP contribution < -0.4 is 4.90 Å². The van der Waals surface area contributed by atoms with E-state index in [-0.39, 0.29) is 11.7 Å². The molecule has 1 aromatic heterocycles. The highest BCUT2D eigenvalue weighted by molar-refractivity contribution is 6.30. The molecule has 4 nitrogen and oxygen atoms in total. The number of fused-ring (bicyclic) bond motifs is 1. The third-order valence-corrected chi connectivity index (χ3v) is 5.36. The number of rotatable bonds is 3. The van der Waals surface area contributed by atoms with E-state index in [1.807, 2.05) is 42.5 Å². The van der Waals surface area contributed by atoms with Crippen molar-refractivity contribution in [2.75, 3.05) is 4.90 Å². The first kappa shape index (κ1) is 17.6. The maximum atomic E-state index is 13.6. The second-order valence-corrected chi connectivity index (χ2v) is 7.27. The minimum absolute atomic E-state index is 0.173. The number of aromatic nitrogens is 2. The van der Waals surface area contributed by atoms with Crippen molar-refractivity contribution in [3.63, 3.8) is 0 Å². The number of nitrogens with zero attached hydrogens (tertiary/aromatic N) is 2. The Labute approximate surface area is 171 Å². The van der Waals surface area contributed by atoms with Crippen LogP contribution in [0.4, 0.5) is 10.1 Å². The Morgan fingerprint density at radius 3 is 2.31 bits per heavy atom. The van der Waals surface area contributed by atoms with Crippen LogP contribution in [0.5, 0.6) is 0 Å². The van der Waals surface area contributed by atoms with E-state index in [0.717, 1.165) is 22.4 Å². The molecule has 0 fully saturated rings. The van der Waals surface area contributed by atoms with Gasteiger partial charge >= 0.3 is 0 Å². The van der Waals surface area contributed by atoms with E-state index in [0.29, 0.717) is 16.4 Å². The molecule has 3 aromatic carbocycles. The zero-order chi connectivity index (χ0) is 20.0. The molecule has 0 spiro atoms. The first-order valence-electron chi connectivity index (χ1n) is 9.12. The SMILES string of the molecule is O=C1c2[nH]nc(-c3ccc(Cl)cc3)c2[C@@H](c2ccc(F)cc2)N1c1ccccc1. The zero-order valence-electron chi connectivity index (χ0n) is 15.1. The number of hydrogen-bond acceptors (Lipinski definition) is 2. The third kappa shape index (κ3) is 2.91. The largest absolute Gasteiger partial charge is 0.295 e. The summed E-state index contributed by atoms with van der Waals surface area (Å²) in [5, 5.41) is 7.95. The van der Waals surface area contributed by atoms with Crippen molar-refractivity contribution in [1.82, 2.24) is 10.2 Å². The molecule has 1 N–H and O–H groups in total. The average molecular weight is 404 g/mol. The Bertz CT molecular complexity index is 1190. The lowest BCUT2D eigenvalue weighted by molar-refractivity contribution is 0.0989. The molecule has 0 saturated heterocycles. The molecule has 29 heavy (non-hydrogen) atoms. The lowest BCUT2D eigenvalue weighted by Gasteiger charge is -2.26. The van der Waals surface area contributed by atoms with Gasteiger partial charge in [0, 0.05) is 21.8 Å². The molecular weight excluding hydrogens is 389 g/mol. The summed E-state index contributed by atoms with van der Waals surface area (Å²) in [7, 11) is 0. The summed E-state index contributed by atoms with van der Waals surface area (Å²) in [6, 6.07) is 22.6. The van der Waals surface area contributed by atoms with Gasteiger partial charge in [0.1, 0.15) is 11.5 Å². The van der Waals surface area contributed by atoms with Crippen molar-refractivity contribution in [2.24, 2.45) is 0 Å². The highest BCUT2D eigenvalue weighted by Gasteiger charge is 2.43. The molecule has 5 rings (SSSR count). The Balaban J connectivity index is 1.72. The van der Waals surface area contributed by atoms with Crippen LogP contribution in [0.2, 0.25) is 5.02 Å². The molecule has 6 heteroatoms. The zero-order valence-corrected chi connectivity index (χ0v) is 15.9. The first-order chi connectivity index (χ1) is 14.1. The van der Waals surface area contributed by atoms with E-state index in [2.05, 4.69) is 10.2 Å². The number of nitrogens with one attached hydrogen (secondary N) is 1. The number of amides is 1. The Kier molecular flexibility index (Phi) is 4.18. The lowest BCUT2D eigenvalue weighted by Crippen LogP contribution is -2.29. The van der Waals surface area contributed by atoms with Crippen molar-refractivity contribution in [1.29, 1.82) is 0 Å². The number of benzene rings is 3. The van der Waals surface area contributed by atoms with Crippen molar-refractivity contribution in [3.05, 3.63) is 107 Å². The fraction of sp³-hybridized carbons (Fsp3) is 0.0435. The number of H-pyrrole nitrogens is 1. The lowest BCUT2D eigenvalue weighted by atomic mass is 9.96. The van der Waals surface area contributed by atoms with Gasteiger partial charge in [-0.3, -0.25) is 14.8 Å². The molecule has 1 atom stereocenters. The maximum Gasteiger partial charge on any atom is 0.277 e. The summed E-state index contributed by atoms with van der Waals surface area (Å²) in [4.78, 5) is 15.0. The van der Waals surface area contributed by atoms with Gasteiger partial charge in [-0.05, 0) is 42.0 Å². The van der Waals surface area contributed by atoms with Crippen molar-refractivity contribution in [2.45, 2.75) is 6.04 Å². The number of carbonyl (C=O) groups excluding carboxylic acids is 1. The van der Waals surface area contributed by atoms with Gasteiger partial charge in [-0.2, -0.15) is 5.10 Å². The van der Waals surface area contributed by atoms with Crippen molar-refractivity contribution < 1.29 is 9.18 Å². The number of para-hydroxylation sites is 1. The molecule has 2 heterocycles. The number of aromatic amines is 1. The number of anilines is 1. The summed E-state index contributed by atoms with van der Waals surface area (Å²) >= 11 is 6.03. The first-order valence-corrected chi connectivity index (χ1v) is 9.49. The molecule has 0 radical (unpaired) electrons. The molecule has 1 aliphatic rings. The van der Waals surface area contributed by atoms with E-state index in [4.69, 9.17) is 11.6 Å². The van der Waals surface area contributed by atoms with E-state index < -0.39 is 6.04 Å². The van der Waals surface area contributed by atoms with Gasteiger partial charge < -0.3 is 0 Å². The maximum absolute atomic E-state index is 13.6. The second kappa shape index (κ2) is 6.87. The van der Waals surface area contributed by atoms with E-state index in [1.54, 1.807) is 29.2 Å². The number of carbonyl (C=O) groups is 1. The van der Waals surface area contributed by atoms with Crippen LogP contribution in [0, 0.1) is 5.82 Å². The topological polar surface area (TPSA) is 49.0 Å². The predicted molar refractivity (Wildman–Crippen MR) is 111 cm³/mol. The molecule has 0 aliphatic carbocycles. The molecule has 0 saturated carbocycles. The number of halogens is 2. The summed E-state index contributed by atoms with van der Waals surface area (Å²) in [5.41, 5.74) is 4.30. The van der Waals surface area contributed by atoms with E-state index in [1.165, 1.54) is 12.1 Å². The standard InChI is InChI=1S/C23H15ClFN3O/c24-16-10-6-14(7-11-16)20-19-21(27-26-20)23(29)28(18-4-2-1-3-5-18)22(19)15-8-12-17(25)13-9-15/h1-13,22H,(H,26,27)/t22-/m1/s1. The summed E-state index contributed by atoms with van der Waals surface area (Å²) in [6.07, 6.45) is 0. The van der Waals surface area contributed by atoms with Crippen LogP contribution in [-0.2, 0) is 0 Å².